The average molecular weight is 741 g/mol. The van der Waals surface area contributed by atoms with Crippen molar-refractivity contribution >= 4 is 50.3 Å². The van der Waals surface area contributed by atoms with Gasteiger partial charge in [0.1, 0.15) is 11.7 Å². The molecular weight excluding hydrogens is 705 g/mol. The summed E-state index contributed by atoms with van der Waals surface area (Å²) >= 11 is 0. The van der Waals surface area contributed by atoms with Gasteiger partial charge in [-0.15, -0.1) is 0 Å². The minimum atomic E-state index is -0.638. The minimum absolute atomic E-state index is 0.461. The second-order valence-corrected chi connectivity index (χ2v) is 15.4. The molecule has 0 aromatic heterocycles. The van der Waals surface area contributed by atoms with Crippen LogP contribution in [0.5, 0.6) is 0 Å². The summed E-state index contributed by atoms with van der Waals surface area (Å²) in [7, 11) is 0. The number of nitrogens with one attached hydrogen (secondary N) is 1. The number of aliphatic imine (C=N–C) groups is 2. The van der Waals surface area contributed by atoms with Gasteiger partial charge < -0.3 is 10.2 Å². The van der Waals surface area contributed by atoms with E-state index in [4.69, 9.17) is 9.98 Å². The molecule has 0 radical (unpaired) electrons. The van der Waals surface area contributed by atoms with E-state index in [-0.39, 0.29) is 0 Å². The Kier molecular flexibility index (Phi) is 7.17. The number of amidine groups is 2. The van der Waals surface area contributed by atoms with Gasteiger partial charge in [-0.2, -0.15) is 0 Å². The summed E-state index contributed by atoms with van der Waals surface area (Å²) in [5.74, 6) is 1.61. The fourth-order valence-corrected chi connectivity index (χ4v) is 9.81. The molecule has 1 N–H and O–H groups in total. The molecule has 2 aliphatic heterocycles. The van der Waals surface area contributed by atoms with Crippen molar-refractivity contribution in [1.82, 2.24) is 5.32 Å². The number of fused-ring (bicyclic) bond motifs is 11. The molecule has 1 atom stereocenters. The molecule has 3 aliphatic rings. The molecule has 0 amide bonds. The number of hydrogen-bond donors (Lipinski definition) is 1. The highest BCUT2D eigenvalue weighted by atomic mass is 15.2. The molecule has 1 unspecified atom stereocenters. The Labute approximate surface area is 337 Å². The van der Waals surface area contributed by atoms with Gasteiger partial charge in [0.05, 0.1) is 16.8 Å². The first kappa shape index (κ1) is 32.7. The molecule has 0 fully saturated rings. The van der Waals surface area contributed by atoms with Crippen molar-refractivity contribution in [3.8, 4) is 11.1 Å². The highest BCUT2D eigenvalue weighted by molar-refractivity contribution is 6.18. The van der Waals surface area contributed by atoms with E-state index in [1.54, 1.807) is 0 Å². The molecule has 9 aromatic carbocycles. The van der Waals surface area contributed by atoms with Crippen LogP contribution < -0.4 is 10.2 Å². The Bertz CT molecular complexity index is 3130. The summed E-state index contributed by atoms with van der Waals surface area (Å²) in [5.41, 5.74) is 13.4. The van der Waals surface area contributed by atoms with Crippen molar-refractivity contribution in [2.45, 2.75) is 11.6 Å². The van der Waals surface area contributed by atoms with Gasteiger partial charge in [-0.1, -0.05) is 170 Å². The van der Waals surface area contributed by atoms with E-state index in [2.05, 4.69) is 216 Å². The van der Waals surface area contributed by atoms with Gasteiger partial charge in [-0.05, 0) is 96.9 Å². The van der Waals surface area contributed by atoms with Gasteiger partial charge in [0.15, 0.2) is 6.17 Å². The maximum atomic E-state index is 5.57. The van der Waals surface area contributed by atoms with Crippen molar-refractivity contribution < 1.29 is 0 Å². The van der Waals surface area contributed by atoms with Crippen LogP contribution >= 0.6 is 0 Å². The standard InChI is InChI=1S/C54H36N4/c1-2-19-41(20-3-1)58-48-27-12-10-25-46(48)54(47-26-11-13-28-49(47)58)45-24-9-8-21-42(45)43-22-14-23-44(50(43)54)53-56-51(39-31-29-35-15-4-6-17-37(35)33-39)55-52(57-53)40-32-30-36-16-5-7-18-38(36)34-40/h1-34,51H,(H,55,56,57). The van der Waals surface area contributed by atoms with Gasteiger partial charge in [0.25, 0.3) is 0 Å². The molecule has 58 heavy (non-hydrogen) atoms. The summed E-state index contributed by atoms with van der Waals surface area (Å²) in [6.07, 6.45) is -0.461. The summed E-state index contributed by atoms with van der Waals surface area (Å²) in [4.78, 5) is 13.4. The molecule has 12 rings (SSSR count). The third kappa shape index (κ3) is 4.75. The van der Waals surface area contributed by atoms with Gasteiger partial charge in [0, 0.05) is 16.8 Å². The van der Waals surface area contributed by atoms with Gasteiger partial charge in [0.2, 0.25) is 0 Å². The lowest BCUT2D eigenvalue weighted by Gasteiger charge is -2.45. The summed E-state index contributed by atoms with van der Waals surface area (Å²) in [5, 5.41) is 8.57. The van der Waals surface area contributed by atoms with E-state index in [9.17, 15) is 0 Å². The zero-order valence-electron chi connectivity index (χ0n) is 31.5. The van der Waals surface area contributed by atoms with Gasteiger partial charge in [-0.25, -0.2) is 9.98 Å². The average Bonchev–Trinajstić information content (AvgIpc) is 3.60. The monoisotopic (exact) mass is 740 g/mol. The van der Waals surface area contributed by atoms with Crippen LogP contribution in [0.3, 0.4) is 0 Å². The lowest BCUT2D eigenvalue weighted by molar-refractivity contribution is 0.741. The topological polar surface area (TPSA) is 40.0 Å². The van der Waals surface area contributed by atoms with Crippen molar-refractivity contribution in [2.24, 2.45) is 9.98 Å². The molecule has 2 heterocycles. The second-order valence-electron chi connectivity index (χ2n) is 15.4. The predicted molar refractivity (Wildman–Crippen MR) is 239 cm³/mol. The quantitative estimate of drug-likeness (QED) is 0.195. The first-order chi connectivity index (χ1) is 28.8. The third-order valence-corrected chi connectivity index (χ3v) is 12.3. The maximum Gasteiger partial charge on any atom is 0.169 e. The van der Waals surface area contributed by atoms with Crippen LogP contribution in [-0.2, 0) is 5.41 Å². The summed E-state index contributed by atoms with van der Waals surface area (Å²) in [6, 6.07) is 74.6. The lowest BCUT2D eigenvalue weighted by atomic mass is 9.63. The number of rotatable bonds is 4. The van der Waals surface area contributed by atoms with Crippen LogP contribution in [0.4, 0.5) is 17.1 Å². The van der Waals surface area contributed by atoms with Crippen LogP contribution in [0.2, 0.25) is 0 Å². The maximum absolute atomic E-state index is 5.57. The van der Waals surface area contributed by atoms with Crippen molar-refractivity contribution in [1.29, 1.82) is 0 Å². The smallest absolute Gasteiger partial charge is 0.169 e. The van der Waals surface area contributed by atoms with E-state index in [1.807, 2.05) is 0 Å². The first-order valence-corrected chi connectivity index (χ1v) is 19.9. The van der Waals surface area contributed by atoms with Gasteiger partial charge in [-0.3, -0.25) is 0 Å². The van der Waals surface area contributed by atoms with Crippen LogP contribution in [-0.4, -0.2) is 11.7 Å². The number of hydrogen-bond acceptors (Lipinski definition) is 4. The Balaban J connectivity index is 1.12. The van der Waals surface area contributed by atoms with E-state index in [0.717, 1.165) is 45.4 Å². The molecule has 0 saturated carbocycles. The van der Waals surface area contributed by atoms with Gasteiger partial charge >= 0.3 is 0 Å². The highest BCUT2D eigenvalue weighted by Gasteiger charge is 2.53. The van der Waals surface area contributed by atoms with Crippen molar-refractivity contribution in [3.63, 3.8) is 0 Å². The second kappa shape index (κ2) is 12.7. The molecule has 1 aliphatic carbocycles. The fraction of sp³-hybridized carbons (Fsp3) is 0.0370. The Morgan fingerprint density at radius 1 is 0.414 bits per heavy atom. The Hall–Kier alpha value is -7.56. The molecule has 0 saturated heterocycles. The van der Waals surface area contributed by atoms with Crippen LogP contribution in [0.25, 0.3) is 32.7 Å². The third-order valence-electron chi connectivity index (χ3n) is 12.3. The molecule has 4 nitrogen and oxygen atoms in total. The van der Waals surface area contributed by atoms with E-state index >= 15 is 0 Å². The zero-order valence-corrected chi connectivity index (χ0v) is 31.5. The SMILES string of the molecule is c1ccc(N2c3ccccc3C3(c4ccccc4-c4cccc(C5=NC(c6ccc7ccccc7c6)N=C(c6ccc7ccccc7c6)N5)c43)c3ccccc32)cc1. The predicted octanol–water partition coefficient (Wildman–Crippen LogP) is 12.6. The van der Waals surface area contributed by atoms with Crippen LogP contribution in [0, 0.1) is 0 Å². The van der Waals surface area contributed by atoms with Crippen molar-refractivity contribution in [3.05, 3.63) is 245 Å². The van der Waals surface area contributed by atoms with Crippen LogP contribution in [0.15, 0.2) is 216 Å². The fourth-order valence-electron chi connectivity index (χ4n) is 9.81. The molecule has 9 aromatic rings. The summed E-state index contributed by atoms with van der Waals surface area (Å²) < 4.78 is 0. The van der Waals surface area contributed by atoms with E-state index in [0.29, 0.717) is 0 Å². The summed E-state index contributed by atoms with van der Waals surface area (Å²) in [6.45, 7) is 0. The largest absolute Gasteiger partial charge is 0.324 e. The zero-order chi connectivity index (χ0) is 38.2. The minimum Gasteiger partial charge on any atom is -0.324 e. The first-order valence-electron chi connectivity index (χ1n) is 19.9. The molecule has 4 heteroatoms. The number of para-hydroxylation sites is 3. The van der Waals surface area contributed by atoms with E-state index in [1.165, 1.54) is 54.9 Å². The highest BCUT2D eigenvalue weighted by Crippen LogP contribution is 2.64. The van der Waals surface area contributed by atoms with Crippen molar-refractivity contribution in [2.75, 3.05) is 4.90 Å². The molecule has 0 bridgehead atoms. The normalized spacial score (nSPS) is 15.9. The Morgan fingerprint density at radius 3 is 1.71 bits per heavy atom. The molecule has 1 spiro atoms. The van der Waals surface area contributed by atoms with Crippen LogP contribution in [0.1, 0.15) is 45.1 Å². The molecular formula is C54H36N4. The number of anilines is 3. The van der Waals surface area contributed by atoms with E-state index < -0.39 is 11.6 Å². The lowest BCUT2D eigenvalue weighted by Crippen LogP contribution is -2.40. The number of nitrogens with zero attached hydrogens (tertiary/aromatic N) is 3. The Morgan fingerprint density at radius 2 is 0.966 bits per heavy atom. The molecule has 272 valence electrons. The number of benzene rings is 9.